The fourth-order valence-corrected chi connectivity index (χ4v) is 3.10. The molecule has 1 aromatic rings. The molecule has 1 aliphatic heterocycles. The van der Waals surface area contributed by atoms with Crippen molar-refractivity contribution in [1.29, 1.82) is 0 Å². The Balaban J connectivity index is 2.07. The smallest absolute Gasteiger partial charge is 0.253 e. The summed E-state index contributed by atoms with van der Waals surface area (Å²) in [5.74, 6) is 0.858. The monoisotopic (exact) mass is 289 g/mol. The third-order valence-corrected chi connectivity index (χ3v) is 4.33. The predicted molar refractivity (Wildman–Crippen MR) is 88.7 cm³/mol. The average Bonchev–Trinajstić information content (AvgIpc) is 2.47. The van der Waals surface area contributed by atoms with E-state index in [0.29, 0.717) is 11.3 Å². The van der Waals surface area contributed by atoms with Gasteiger partial charge in [-0.3, -0.25) is 4.79 Å². The summed E-state index contributed by atoms with van der Waals surface area (Å²) < 4.78 is 0. The molecule has 1 aromatic carbocycles. The van der Waals surface area contributed by atoms with Crippen molar-refractivity contribution in [3.63, 3.8) is 0 Å². The number of piperidine rings is 1. The van der Waals surface area contributed by atoms with Gasteiger partial charge in [0.05, 0.1) is 11.4 Å². The number of rotatable bonds is 4. The van der Waals surface area contributed by atoms with E-state index in [0.717, 1.165) is 24.7 Å². The molecular formula is C17H27N3O. The molecule has 0 aliphatic carbocycles. The predicted octanol–water partition coefficient (Wildman–Crippen LogP) is 2.99. The quantitative estimate of drug-likeness (QED) is 0.867. The standard InChI is InChI=1S/C17H27N3O/c1-4-5-13-8-10-20(11-9-13)16-7-6-14(12-15(16)18)17(21)19(2)3/h6-7,12-13H,4-5,8-11,18H2,1-3H3. The molecule has 4 nitrogen and oxygen atoms in total. The number of nitrogens with zero attached hydrogens (tertiary/aromatic N) is 2. The number of carbonyl (C=O) groups excluding carboxylic acids is 1. The van der Waals surface area contributed by atoms with Crippen LogP contribution in [0, 0.1) is 5.92 Å². The second kappa shape index (κ2) is 6.83. The van der Waals surface area contributed by atoms with Crippen LogP contribution in [-0.2, 0) is 0 Å². The van der Waals surface area contributed by atoms with Gasteiger partial charge >= 0.3 is 0 Å². The minimum atomic E-state index is -0.00472. The van der Waals surface area contributed by atoms with Gasteiger partial charge in [0.1, 0.15) is 0 Å². The molecule has 0 bridgehead atoms. The Bertz CT molecular complexity index is 491. The Morgan fingerprint density at radius 3 is 2.52 bits per heavy atom. The molecule has 0 atom stereocenters. The Labute approximate surface area is 127 Å². The van der Waals surface area contributed by atoms with Crippen LogP contribution in [0.3, 0.4) is 0 Å². The van der Waals surface area contributed by atoms with Crippen LogP contribution in [0.4, 0.5) is 11.4 Å². The molecule has 4 heteroatoms. The molecule has 2 rings (SSSR count). The largest absolute Gasteiger partial charge is 0.397 e. The van der Waals surface area contributed by atoms with E-state index in [9.17, 15) is 4.79 Å². The van der Waals surface area contributed by atoms with E-state index in [1.54, 1.807) is 25.1 Å². The van der Waals surface area contributed by atoms with Crippen molar-refractivity contribution in [2.75, 3.05) is 37.8 Å². The van der Waals surface area contributed by atoms with Crippen LogP contribution in [0.2, 0.25) is 0 Å². The summed E-state index contributed by atoms with van der Waals surface area (Å²) in [6.07, 6.45) is 5.09. The highest BCUT2D eigenvalue weighted by atomic mass is 16.2. The molecule has 0 radical (unpaired) electrons. The van der Waals surface area contributed by atoms with Crippen LogP contribution in [-0.4, -0.2) is 38.0 Å². The first-order valence-electron chi connectivity index (χ1n) is 7.89. The summed E-state index contributed by atoms with van der Waals surface area (Å²) in [7, 11) is 3.51. The lowest BCUT2D eigenvalue weighted by molar-refractivity contribution is 0.0827. The van der Waals surface area contributed by atoms with Crippen molar-refractivity contribution in [2.24, 2.45) is 5.92 Å². The third kappa shape index (κ3) is 3.69. The fraction of sp³-hybridized carbons (Fsp3) is 0.588. The Morgan fingerprint density at radius 2 is 2.00 bits per heavy atom. The van der Waals surface area contributed by atoms with Crippen LogP contribution in [0.1, 0.15) is 43.0 Å². The van der Waals surface area contributed by atoms with Gasteiger partial charge < -0.3 is 15.5 Å². The summed E-state index contributed by atoms with van der Waals surface area (Å²) in [6, 6.07) is 5.67. The van der Waals surface area contributed by atoms with Gasteiger partial charge in [-0.2, -0.15) is 0 Å². The summed E-state index contributed by atoms with van der Waals surface area (Å²) in [4.78, 5) is 15.9. The molecule has 21 heavy (non-hydrogen) atoms. The number of hydrogen-bond acceptors (Lipinski definition) is 3. The highest BCUT2D eigenvalue weighted by Gasteiger charge is 2.20. The molecule has 0 unspecified atom stereocenters. The summed E-state index contributed by atoms with van der Waals surface area (Å²) in [5.41, 5.74) is 8.60. The average molecular weight is 289 g/mol. The molecule has 2 N–H and O–H groups in total. The zero-order valence-corrected chi connectivity index (χ0v) is 13.4. The second-order valence-corrected chi connectivity index (χ2v) is 6.19. The maximum atomic E-state index is 12.0. The SMILES string of the molecule is CCCC1CCN(c2ccc(C(=O)N(C)C)cc2N)CC1. The zero-order chi connectivity index (χ0) is 15.4. The van der Waals surface area contributed by atoms with Gasteiger partial charge in [-0.1, -0.05) is 19.8 Å². The number of amides is 1. The normalized spacial score (nSPS) is 16.0. The first kappa shape index (κ1) is 15.7. The van der Waals surface area contributed by atoms with Crippen LogP contribution in [0.15, 0.2) is 18.2 Å². The van der Waals surface area contributed by atoms with Crippen LogP contribution >= 0.6 is 0 Å². The number of carbonyl (C=O) groups is 1. The maximum absolute atomic E-state index is 12.0. The van der Waals surface area contributed by atoms with Crippen molar-refractivity contribution in [3.8, 4) is 0 Å². The number of benzene rings is 1. The van der Waals surface area contributed by atoms with Crippen molar-refractivity contribution in [1.82, 2.24) is 4.90 Å². The van der Waals surface area contributed by atoms with Crippen molar-refractivity contribution in [2.45, 2.75) is 32.6 Å². The van der Waals surface area contributed by atoms with E-state index in [1.165, 1.54) is 25.7 Å². The van der Waals surface area contributed by atoms with E-state index in [1.807, 2.05) is 12.1 Å². The van der Waals surface area contributed by atoms with Crippen molar-refractivity contribution < 1.29 is 4.79 Å². The van der Waals surface area contributed by atoms with Gasteiger partial charge in [0.2, 0.25) is 0 Å². The summed E-state index contributed by atoms with van der Waals surface area (Å²) >= 11 is 0. The molecule has 0 aromatic heterocycles. The molecule has 1 fully saturated rings. The Morgan fingerprint density at radius 1 is 1.33 bits per heavy atom. The molecule has 1 saturated heterocycles. The minimum absolute atomic E-state index is 0.00472. The maximum Gasteiger partial charge on any atom is 0.253 e. The number of anilines is 2. The van der Waals surface area contributed by atoms with Gasteiger partial charge in [0.25, 0.3) is 5.91 Å². The van der Waals surface area contributed by atoms with E-state index in [2.05, 4.69) is 11.8 Å². The van der Waals surface area contributed by atoms with Gasteiger partial charge in [-0.15, -0.1) is 0 Å². The second-order valence-electron chi connectivity index (χ2n) is 6.19. The van der Waals surface area contributed by atoms with E-state index in [-0.39, 0.29) is 5.91 Å². The number of hydrogen-bond donors (Lipinski definition) is 1. The molecule has 1 heterocycles. The van der Waals surface area contributed by atoms with Crippen LogP contribution in [0.25, 0.3) is 0 Å². The van der Waals surface area contributed by atoms with Crippen molar-refractivity contribution >= 4 is 17.3 Å². The minimum Gasteiger partial charge on any atom is -0.397 e. The lowest BCUT2D eigenvalue weighted by Gasteiger charge is -2.34. The highest BCUT2D eigenvalue weighted by Crippen LogP contribution is 2.30. The summed E-state index contributed by atoms with van der Waals surface area (Å²) in [6.45, 7) is 4.39. The van der Waals surface area contributed by atoms with Gasteiger partial charge in [-0.05, 0) is 37.0 Å². The topological polar surface area (TPSA) is 49.6 Å². The Kier molecular flexibility index (Phi) is 5.10. The summed E-state index contributed by atoms with van der Waals surface area (Å²) in [5, 5.41) is 0. The Hall–Kier alpha value is -1.71. The molecule has 0 saturated carbocycles. The molecule has 116 valence electrons. The number of nitrogen functional groups attached to an aromatic ring is 1. The number of nitrogens with two attached hydrogens (primary N) is 1. The fourth-order valence-electron chi connectivity index (χ4n) is 3.10. The van der Waals surface area contributed by atoms with Crippen LogP contribution in [0.5, 0.6) is 0 Å². The van der Waals surface area contributed by atoms with Crippen LogP contribution < -0.4 is 10.6 Å². The molecule has 0 spiro atoms. The highest BCUT2D eigenvalue weighted by molar-refractivity contribution is 5.95. The first-order valence-corrected chi connectivity index (χ1v) is 7.89. The zero-order valence-electron chi connectivity index (χ0n) is 13.4. The van der Waals surface area contributed by atoms with E-state index >= 15 is 0 Å². The molecule has 1 aliphatic rings. The van der Waals surface area contributed by atoms with E-state index in [4.69, 9.17) is 5.73 Å². The van der Waals surface area contributed by atoms with Gasteiger partial charge in [-0.25, -0.2) is 0 Å². The van der Waals surface area contributed by atoms with E-state index < -0.39 is 0 Å². The first-order chi connectivity index (χ1) is 10.0. The lowest BCUT2D eigenvalue weighted by atomic mass is 9.92. The van der Waals surface area contributed by atoms with Gasteiger partial charge in [0, 0.05) is 32.7 Å². The molecular weight excluding hydrogens is 262 g/mol. The van der Waals surface area contributed by atoms with Gasteiger partial charge in [0.15, 0.2) is 0 Å². The lowest BCUT2D eigenvalue weighted by Crippen LogP contribution is -2.34. The van der Waals surface area contributed by atoms with Crippen molar-refractivity contribution in [3.05, 3.63) is 23.8 Å². The third-order valence-electron chi connectivity index (χ3n) is 4.33. The molecule has 1 amide bonds.